The van der Waals surface area contributed by atoms with Crippen LogP contribution in [0.25, 0.3) is 0 Å². The summed E-state index contributed by atoms with van der Waals surface area (Å²) in [6, 6.07) is 0. The van der Waals surface area contributed by atoms with Gasteiger partial charge in [0, 0.05) is 6.42 Å². The largest absolute Gasteiger partial charge is 0.341 e. The van der Waals surface area contributed by atoms with Gasteiger partial charge in [-0.2, -0.15) is 8.42 Å². The Kier molecular flexibility index (Phi) is 3.66. The molecule has 1 heterocycles. The first-order valence-corrected chi connectivity index (χ1v) is 8.01. The van der Waals surface area contributed by atoms with E-state index in [4.69, 9.17) is 13.7 Å². The Labute approximate surface area is 118 Å². The highest BCUT2D eigenvalue weighted by Crippen LogP contribution is 2.44. The summed E-state index contributed by atoms with van der Waals surface area (Å²) < 4.78 is 39.1. The molecule has 1 saturated heterocycles. The first-order valence-electron chi connectivity index (χ1n) is 6.19. The van der Waals surface area contributed by atoms with Crippen LogP contribution in [0.1, 0.15) is 20.3 Å². The van der Waals surface area contributed by atoms with Gasteiger partial charge in [0.05, 0.1) is 6.26 Å². The van der Waals surface area contributed by atoms with Crippen LogP contribution in [0.5, 0.6) is 0 Å². The normalized spacial score (nSPS) is 35.9. The zero-order valence-corrected chi connectivity index (χ0v) is 12.5. The van der Waals surface area contributed by atoms with E-state index in [0.717, 1.165) is 6.26 Å². The minimum absolute atomic E-state index is 0.216. The van der Waals surface area contributed by atoms with Crippen molar-refractivity contribution < 1.29 is 26.9 Å². The molecule has 7 heteroatoms. The van der Waals surface area contributed by atoms with E-state index in [0.29, 0.717) is 0 Å². The van der Waals surface area contributed by atoms with Crippen molar-refractivity contribution in [2.75, 3.05) is 6.26 Å². The summed E-state index contributed by atoms with van der Waals surface area (Å²) in [5, 5.41) is 0. The predicted octanol–water partition coefficient (Wildman–Crippen LogP) is 0.936. The molecule has 0 N–H and O–H groups in total. The third-order valence-electron chi connectivity index (χ3n) is 3.18. The van der Waals surface area contributed by atoms with Crippen LogP contribution in [0.4, 0.5) is 0 Å². The number of ether oxygens (including phenoxy) is 2. The van der Waals surface area contributed by atoms with Gasteiger partial charge < -0.3 is 9.47 Å². The fourth-order valence-corrected chi connectivity index (χ4v) is 3.19. The Morgan fingerprint density at radius 2 is 2.15 bits per heavy atom. The Morgan fingerprint density at radius 3 is 2.70 bits per heavy atom. The molecular weight excluding hydrogens is 284 g/mol. The number of fused-ring (bicyclic) bond motifs is 1. The maximum Gasteiger partial charge on any atom is 0.265 e. The van der Waals surface area contributed by atoms with E-state index < -0.39 is 33.7 Å². The molecule has 3 atom stereocenters. The Hall–Kier alpha value is -1.02. The summed E-state index contributed by atoms with van der Waals surface area (Å²) in [5.74, 6) is -1.28. The average Bonchev–Trinajstić information content (AvgIpc) is 2.55. The van der Waals surface area contributed by atoms with Crippen LogP contribution in [0.3, 0.4) is 0 Å². The van der Waals surface area contributed by atoms with E-state index in [1.807, 2.05) is 0 Å². The maximum absolute atomic E-state index is 12.2. The zero-order chi connectivity index (χ0) is 15.2. The molecule has 1 aliphatic heterocycles. The number of rotatable bonds is 4. The molecule has 0 aromatic heterocycles. The van der Waals surface area contributed by atoms with Crippen molar-refractivity contribution in [3.05, 3.63) is 24.8 Å². The fraction of sp³-hybridized carbons (Fsp3) is 0.615. The molecule has 1 aliphatic carbocycles. The summed E-state index contributed by atoms with van der Waals surface area (Å²) >= 11 is 0. The fourth-order valence-electron chi connectivity index (χ4n) is 2.63. The number of carbonyl (C=O) groups is 1. The van der Waals surface area contributed by atoms with E-state index in [2.05, 4.69) is 6.58 Å². The van der Waals surface area contributed by atoms with E-state index >= 15 is 0 Å². The molecule has 20 heavy (non-hydrogen) atoms. The third-order valence-corrected chi connectivity index (χ3v) is 3.76. The molecule has 112 valence electrons. The lowest BCUT2D eigenvalue weighted by Gasteiger charge is -2.35. The van der Waals surface area contributed by atoms with Crippen molar-refractivity contribution >= 4 is 15.9 Å². The van der Waals surface area contributed by atoms with Crippen molar-refractivity contribution in [2.45, 2.75) is 43.9 Å². The Bertz CT molecular complexity index is 561. The topological polar surface area (TPSA) is 78.9 Å². The monoisotopic (exact) mass is 302 g/mol. The second kappa shape index (κ2) is 4.77. The van der Waals surface area contributed by atoms with E-state index in [1.54, 1.807) is 19.9 Å². The molecule has 0 amide bonds. The second-order valence-corrected chi connectivity index (χ2v) is 7.01. The standard InChI is InChI=1S/C13H18O6S/c1-5-8-13-10(14)7-6-9(18-20(4,15)16)11(13)17-12(2,3)19-13/h5-7,9,11H,1,8H2,2-4H3/t9-,11+,13-/m1/s1. The second-order valence-electron chi connectivity index (χ2n) is 5.41. The maximum atomic E-state index is 12.2. The third kappa shape index (κ3) is 2.71. The summed E-state index contributed by atoms with van der Waals surface area (Å²) in [7, 11) is -3.68. The highest BCUT2D eigenvalue weighted by molar-refractivity contribution is 7.86. The van der Waals surface area contributed by atoms with Crippen LogP contribution < -0.4 is 0 Å². The number of carbonyl (C=O) groups excluding carboxylic acids is 1. The van der Waals surface area contributed by atoms with Crippen LogP contribution in [0, 0.1) is 0 Å². The molecule has 0 bridgehead atoms. The number of hydrogen-bond donors (Lipinski definition) is 0. The van der Waals surface area contributed by atoms with Gasteiger partial charge in [-0.25, -0.2) is 0 Å². The molecule has 0 saturated carbocycles. The lowest BCUT2D eigenvalue weighted by molar-refractivity contribution is -0.169. The van der Waals surface area contributed by atoms with Gasteiger partial charge in [-0.05, 0) is 26.0 Å². The highest BCUT2D eigenvalue weighted by atomic mass is 32.2. The average molecular weight is 302 g/mol. The molecule has 2 aliphatic rings. The minimum Gasteiger partial charge on any atom is -0.341 e. The smallest absolute Gasteiger partial charge is 0.265 e. The van der Waals surface area contributed by atoms with Crippen LogP contribution in [0.2, 0.25) is 0 Å². The van der Waals surface area contributed by atoms with Crippen LogP contribution in [-0.4, -0.2) is 44.1 Å². The van der Waals surface area contributed by atoms with Crippen molar-refractivity contribution in [2.24, 2.45) is 0 Å². The summed E-state index contributed by atoms with van der Waals surface area (Å²) in [6.45, 7) is 6.96. The van der Waals surface area contributed by atoms with Gasteiger partial charge >= 0.3 is 0 Å². The van der Waals surface area contributed by atoms with Gasteiger partial charge in [0.1, 0.15) is 12.2 Å². The minimum atomic E-state index is -3.68. The van der Waals surface area contributed by atoms with Gasteiger partial charge in [0.15, 0.2) is 17.2 Å². The van der Waals surface area contributed by atoms with Crippen LogP contribution >= 0.6 is 0 Å². The van der Waals surface area contributed by atoms with Crippen molar-refractivity contribution in [3.63, 3.8) is 0 Å². The molecule has 0 spiro atoms. The molecule has 0 aromatic rings. The van der Waals surface area contributed by atoms with Crippen molar-refractivity contribution in [3.8, 4) is 0 Å². The van der Waals surface area contributed by atoms with Crippen molar-refractivity contribution in [1.29, 1.82) is 0 Å². The van der Waals surface area contributed by atoms with E-state index in [-0.39, 0.29) is 12.2 Å². The first kappa shape index (κ1) is 15.4. The summed E-state index contributed by atoms with van der Waals surface area (Å²) in [6.07, 6.45) is 3.65. The summed E-state index contributed by atoms with van der Waals surface area (Å²) in [5.41, 5.74) is -1.28. The van der Waals surface area contributed by atoms with Crippen LogP contribution in [0.15, 0.2) is 24.8 Å². The highest BCUT2D eigenvalue weighted by Gasteiger charge is 2.61. The van der Waals surface area contributed by atoms with Gasteiger partial charge in [-0.3, -0.25) is 8.98 Å². The quantitative estimate of drug-likeness (QED) is 0.568. The lowest BCUT2D eigenvalue weighted by Crippen LogP contribution is -2.54. The molecule has 0 aromatic carbocycles. The number of hydrogen-bond acceptors (Lipinski definition) is 6. The molecule has 2 rings (SSSR count). The lowest BCUT2D eigenvalue weighted by atomic mass is 9.81. The van der Waals surface area contributed by atoms with E-state index in [9.17, 15) is 13.2 Å². The van der Waals surface area contributed by atoms with E-state index in [1.165, 1.54) is 12.2 Å². The Balaban J connectivity index is 2.43. The SMILES string of the molecule is C=CC[C@]12OC(C)(C)O[C@H]1[C@H](OS(C)(=O)=O)C=CC2=O. The molecular formula is C13H18O6S. The van der Waals surface area contributed by atoms with Gasteiger partial charge in [-0.15, -0.1) is 6.58 Å². The predicted molar refractivity (Wildman–Crippen MR) is 71.4 cm³/mol. The summed E-state index contributed by atoms with van der Waals surface area (Å²) in [4.78, 5) is 12.2. The Morgan fingerprint density at radius 1 is 1.50 bits per heavy atom. The molecule has 0 radical (unpaired) electrons. The molecule has 0 unspecified atom stereocenters. The number of ketones is 1. The van der Waals surface area contributed by atoms with Crippen molar-refractivity contribution in [1.82, 2.24) is 0 Å². The van der Waals surface area contributed by atoms with Gasteiger partial charge in [0.25, 0.3) is 10.1 Å². The molecule has 6 nitrogen and oxygen atoms in total. The molecule has 1 fully saturated rings. The zero-order valence-electron chi connectivity index (χ0n) is 11.7. The van der Waals surface area contributed by atoms with Gasteiger partial charge in [-0.1, -0.05) is 6.08 Å². The van der Waals surface area contributed by atoms with Gasteiger partial charge in [0.2, 0.25) is 0 Å². The van der Waals surface area contributed by atoms with Crippen LogP contribution in [-0.2, 0) is 28.6 Å². The first-order chi connectivity index (χ1) is 9.10.